The summed E-state index contributed by atoms with van der Waals surface area (Å²) in [4.78, 5) is 81.7. The average Bonchev–Trinajstić information content (AvgIpc) is 1.62. The van der Waals surface area contributed by atoms with Crippen molar-refractivity contribution in [2.75, 3.05) is 119 Å². The number of aromatic nitrogens is 4. The number of carbonyl (C=O) groups is 4. The van der Waals surface area contributed by atoms with Crippen molar-refractivity contribution in [3.8, 4) is 0 Å². The van der Waals surface area contributed by atoms with Crippen LogP contribution in [0.1, 0.15) is 188 Å². The fourth-order valence-corrected chi connectivity index (χ4v) is 21.7. The number of piperidine rings is 4. The third kappa shape index (κ3) is 21.3. The quantitative estimate of drug-likeness (QED) is 0.0397. The van der Waals surface area contributed by atoms with Crippen molar-refractivity contribution in [2.24, 2.45) is 23.7 Å². The van der Waals surface area contributed by atoms with E-state index in [-0.39, 0.29) is 47.2 Å². The van der Waals surface area contributed by atoms with Crippen molar-refractivity contribution < 1.29 is 46.0 Å². The van der Waals surface area contributed by atoms with Crippen molar-refractivity contribution in [3.05, 3.63) is 256 Å². The Balaban J connectivity index is 0.000000125. The van der Waals surface area contributed by atoms with Gasteiger partial charge in [-0.15, -0.1) is 8.67 Å². The molecule has 18 rings (SSSR count). The Kier molecular flexibility index (Phi) is 30.8. The maximum atomic E-state index is 12.9. The van der Waals surface area contributed by atoms with E-state index in [2.05, 4.69) is 107 Å². The number of hydrogen-bond acceptors (Lipinski definition) is 26. The Hall–Kier alpha value is -7.00. The van der Waals surface area contributed by atoms with Gasteiger partial charge in [0.15, 0.2) is 36.0 Å². The van der Waals surface area contributed by atoms with Crippen LogP contribution in [0.25, 0.3) is 23.5 Å². The lowest BCUT2D eigenvalue weighted by Crippen LogP contribution is -2.42. The fourth-order valence-electron chi connectivity index (χ4n) is 18.8. The molecule has 6 saturated heterocycles. The molecule has 0 amide bonds. The van der Waals surface area contributed by atoms with Crippen molar-refractivity contribution in [1.29, 1.82) is 0 Å². The second kappa shape index (κ2) is 42.1. The number of nitrogens with one attached hydrogen (secondary N) is 2. The van der Waals surface area contributed by atoms with E-state index in [0.29, 0.717) is 46.6 Å². The van der Waals surface area contributed by atoms with Gasteiger partial charge in [-0.3, -0.25) is 39.1 Å². The monoisotopic (exact) mass is 1780 g/mol. The predicted octanol–water partition coefficient (Wildman–Crippen LogP) is 17.8. The lowest BCUT2D eigenvalue weighted by atomic mass is 9.76. The number of nitrogens with zero attached hydrogens (tertiary/aromatic N) is 10. The number of piperazine rings is 2. The molecule has 6 fully saturated rings. The number of pyridine rings is 4. The SMILES string of the molecule is CC(=O)OSN1CCC(C2c3ccc(Cl)cc3C(N3CCNCC3)=Cc3cccnc32)CC1.CC(=O)OSN1CCC(C2c3ccc(Cl)cc3C=C(N3CCNCC3)c3cccnc32)CC1.COOSN1CCC(C2c3ccc(Cl)cc3C(=O)Cc3cccnc32)CC1.COOSN1CCC(C2c3ccc(Cl)cc3CC(=O)c3cccnc32)CC1. The maximum absolute atomic E-state index is 12.9. The summed E-state index contributed by atoms with van der Waals surface area (Å²) in [5, 5.41) is 9.71. The van der Waals surface area contributed by atoms with Gasteiger partial charge in [0.25, 0.3) is 0 Å². The van der Waals surface area contributed by atoms with E-state index >= 15 is 0 Å². The summed E-state index contributed by atoms with van der Waals surface area (Å²) in [6.45, 7) is 17.8. The fraction of sp³-hybridized carbons (Fsp3) is 0.422. The highest BCUT2D eigenvalue weighted by atomic mass is 35.5. The van der Waals surface area contributed by atoms with Gasteiger partial charge >= 0.3 is 11.9 Å². The molecule has 0 bridgehead atoms. The van der Waals surface area contributed by atoms with E-state index in [9.17, 15) is 19.2 Å². The lowest BCUT2D eigenvalue weighted by molar-refractivity contribution is -0.164. The number of fused-ring (bicyclic) bond motifs is 8. The van der Waals surface area contributed by atoms with Crippen LogP contribution in [-0.2, 0) is 49.2 Å². The van der Waals surface area contributed by atoms with Crippen LogP contribution < -0.4 is 10.6 Å². The van der Waals surface area contributed by atoms with Gasteiger partial charge in [0.1, 0.15) is 24.5 Å². The first-order valence-electron chi connectivity index (χ1n) is 41.4. The first-order chi connectivity index (χ1) is 58.5. The van der Waals surface area contributed by atoms with Crippen molar-refractivity contribution in [2.45, 2.75) is 102 Å². The number of Topliss-reactive ketones (excluding diaryl/α,β-unsaturated/α-hetero) is 2. The van der Waals surface area contributed by atoms with Crippen LogP contribution in [-0.4, -0.2) is 189 Å². The largest absolute Gasteiger partial charge is 0.375 e. The van der Waals surface area contributed by atoms with E-state index in [4.69, 9.17) is 78.4 Å². The van der Waals surface area contributed by atoms with E-state index < -0.39 is 0 Å². The summed E-state index contributed by atoms with van der Waals surface area (Å²) in [6, 6.07) is 40.5. The number of rotatable bonds is 16. The minimum Gasteiger partial charge on any atom is -0.375 e. The maximum Gasteiger partial charge on any atom is 0.315 e. The molecule has 8 aromatic rings. The smallest absolute Gasteiger partial charge is 0.315 e. The van der Waals surface area contributed by atoms with E-state index in [1.807, 2.05) is 97.5 Å². The van der Waals surface area contributed by atoms with Gasteiger partial charge in [-0.05, 0) is 217 Å². The molecular weight excluding hydrogens is 1680 g/mol. The normalized spacial score (nSPS) is 21.2. The van der Waals surface area contributed by atoms with Gasteiger partial charge < -0.3 is 28.8 Å². The summed E-state index contributed by atoms with van der Waals surface area (Å²) in [6.07, 6.45) is 20.9. The van der Waals surface area contributed by atoms with Crippen LogP contribution in [0.15, 0.2) is 146 Å². The summed E-state index contributed by atoms with van der Waals surface area (Å²) in [5.41, 5.74) is 20.0. The van der Waals surface area contributed by atoms with E-state index in [0.717, 1.165) is 217 Å². The van der Waals surface area contributed by atoms with Gasteiger partial charge in [0, 0.05) is 234 Å². The van der Waals surface area contributed by atoms with Crippen LogP contribution >= 0.6 is 95.3 Å². The second-order valence-electron chi connectivity index (χ2n) is 31.6. The number of halogens is 4. The molecule has 4 aliphatic carbocycles. The molecule has 10 heterocycles. The number of carbonyl (C=O) groups excluding carboxylic acids is 4. The summed E-state index contributed by atoms with van der Waals surface area (Å²) in [7, 11) is 3.01. The molecule has 632 valence electrons. The van der Waals surface area contributed by atoms with Crippen molar-refractivity contribution in [3.63, 3.8) is 0 Å². The van der Waals surface area contributed by atoms with Crippen LogP contribution in [0, 0.1) is 23.7 Å². The molecule has 0 saturated carbocycles. The van der Waals surface area contributed by atoms with Crippen LogP contribution in [0.5, 0.6) is 0 Å². The van der Waals surface area contributed by atoms with Crippen LogP contribution in [0.4, 0.5) is 0 Å². The Bertz CT molecular complexity index is 4940. The molecule has 6 aliphatic heterocycles. The molecular formula is C90H100Cl4N12O10S4. The van der Waals surface area contributed by atoms with Gasteiger partial charge in [0.05, 0.1) is 37.0 Å². The Morgan fingerprint density at radius 2 is 0.758 bits per heavy atom. The third-order valence-electron chi connectivity index (χ3n) is 24.3. The zero-order chi connectivity index (χ0) is 83.2. The number of hydrogen-bond donors (Lipinski definition) is 2. The molecule has 30 heteroatoms. The van der Waals surface area contributed by atoms with E-state index in [1.165, 1.54) is 127 Å². The first kappa shape index (κ1) is 87.9. The summed E-state index contributed by atoms with van der Waals surface area (Å²) in [5.74, 6) is 2.03. The molecule has 2 N–H and O–H groups in total. The highest BCUT2D eigenvalue weighted by Gasteiger charge is 2.42. The Morgan fingerprint density at radius 1 is 0.383 bits per heavy atom. The third-order valence-corrected chi connectivity index (χ3v) is 28.6. The molecule has 4 atom stereocenters. The minimum atomic E-state index is -0.263. The topological polar surface area (TPSA) is 219 Å². The Morgan fingerprint density at radius 3 is 1.28 bits per heavy atom. The first-order valence-corrected chi connectivity index (χ1v) is 45.7. The van der Waals surface area contributed by atoms with Crippen LogP contribution in [0.2, 0.25) is 20.1 Å². The van der Waals surface area contributed by atoms with Crippen LogP contribution in [0.3, 0.4) is 0 Å². The zero-order valence-electron chi connectivity index (χ0n) is 67.7. The molecule has 4 aromatic carbocycles. The highest BCUT2D eigenvalue weighted by molar-refractivity contribution is 7.93. The number of ketones is 2. The van der Waals surface area contributed by atoms with E-state index in [1.54, 1.807) is 6.20 Å². The van der Waals surface area contributed by atoms with Gasteiger partial charge in [0.2, 0.25) is 0 Å². The molecule has 120 heavy (non-hydrogen) atoms. The minimum absolute atomic E-state index is 0.107. The number of benzene rings is 4. The van der Waals surface area contributed by atoms with Gasteiger partial charge in [-0.2, -0.15) is 0 Å². The molecule has 0 spiro atoms. The second-order valence-corrected chi connectivity index (χ2v) is 36.6. The standard InChI is InChI=1S/2C25H29ClN4O2S.2C20H21ClN2O3S/c1-17(31)32-33-30-11-6-18(7-12-30)24-21-5-4-20(26)15-19(21)16-23(29-13-9-27-10-14-29)22-3-2-8-28-25(22)24;1-17(31)32-33-30-11-6-18(7-12-30)24-21-5-4-20(26)16-22(21)23(29-13-9-27-10-14-29)15-19-3-2-8-28-25(19)24;1-25-26-27-23-9-6-13(7-10-23)19-16-5-4-15(21)11-14(16)12-18(24)17-3-2-8-22-20(17)19;1-25-26-27-23-9-6-13(7-10-23)19-16-5-4-15(21)12-17(16)18(24)11-14-3-2-8-22-20(14)19/h2*2-5,8,15-16,18,24,27H,6-7,9-14H2,1H3;2-5,8,11,13,19H,6-7,9-10,12H2,1H3;2-5,8,12-13,19H,6-7,9-11H2,1H3. The highest BCUT2D eigenvalue weighted by Crippen LogP contribution is 2.51. The van der Waals surface area contributed by atoms with Crippen molar-refractivity contribution >= 4 is 142 Å². The van der Waals surface area contributed by atoms with Crippen molar-refractivity contribution in [1.82, 2.24) is 57.6 Å². The molecule has 22 nitrogen and oxygen atoms in total. The Labute approximate surface area is 740 Å². The van der Waals surface area contributed by atoms with Gasteiger partial charge in [-0.1, -0.05) is 82.8 Å². The summed E-state index contributed by atoms with van der Waals surface area (Å²) >= 11 is 30.3. The lowest BCUT2D eigenvalue weighted by Gasteiger charge is -2.36. The zero-order valence-corrected chi connectivity index (χ0v) is 74.0. The molecule has 0 radical (unpaired) electrons. The molecule has 4 unspecified atom stereocenters. The summed E-state index contributed by atoms with van der Waals surface area (Å²) < 4.78 is 28.9. The predicted molar refractivity (Wildman–Crippen MR) is 478 cm³/mol. The average molecular weight is 1780 g/mol. The molecule has 10 aliphatic rings. The van der Waals surface area contributed by atoms with Gasteiger partial charge in [-0.25, -0.2) is 27.0 Å². The molecule has 4 aromatic heterocycles.